The van der Waals surface area contributed by atoms with E-state index in [2.05, 4.69) is 11.6 Å². The molecular formula is C26H29FN2O3. The van der Waals surface area contributed by atoms with Gasteiger partial charge in [-0.05, 0) is 62.1 Å². The molecule has 0 radical (unpaired) electrons. The van der Waals surface area contributed by atoms with Crippen molar-refractivity contribution in [2.45, 2.75) is 39.2 Å². The summed E-state index contributed by atoms with van der Waals surface area (Å²) in [4.78, 5) is 10.6. The fourth-order valence-electron chi connectivity index (χ4n) is 4.65. The number of aromatic nitrogens is 2. The summed E-state index contributed by atoms with van der Waals surface area (Å²) in [7, 11) is 0. The number of carbonyl (C=O) groups is 1. The Morgan fingerprint density at radius 3 is 2.44 bits per heavy atom. The predicted octanol–water partition coefficient (Wildman–Crippen LogP) is 5.57. The number of halogens is 1. The number of carboxylic acids is 1. The molecule has 0 saturated heterocycles. The molecule has 4 rings (SSSR count). The van der Waals surface area contributed by atoms with Crippen LogP contribution in [0.2, 0.25) is 0 Å². The van der Waals surface area contributed by atoms with Gasteiger partial charge in [0, 0.05) is 23.4 Å². The molecule has 0 atom stereocenters. The van der Waals surface area contributed by atoms with Crippen molar-refractivity contribution in [3.05, 3.63) is 66.1 Å². The van der Waals surface area contributed by atoms with Crippen LogP contribution in [0.15, 0.2) is 54.6 Å². The largest absolute Gasteiger partial charge is 0.480 e. The Morgan fingerprint density at radius 1 is 1.06 bits per heavy atom. The maximum absolute atomic E-state index is 14.0. The molecule has 1 aliphatic rings. The molecule has 1 aromatic heterocycles. The Labute approximate surface area is 187 Å². The first-order chi connectivity index (χ1) is 15.5. The minimum atomic E-state index is -0.920. The fourth-order valence-corrected chi connectivity index (χ4v) is 4.65. The van der Waals surface area contributed by atoms with Crippen LogP contribution in [0.3, 0.4) is 0 Å². The third-order valence-electron chi connectivity index (χ3n) is 6.34. The zero-order valence-electron chi connectivity index (χ0n) is 18.3. The topological polar surface area (TPSA) is 64.4 Å². The lowest BCUT2D eigenvalue weighted by Gasteiger charge is -2.28. The predicted molar refractivity (Wildman–Crippen MR) is 122 cm³/mol. The summed E-state index contributed by atoms with van der Waals surface area (Å²) in [5.41, 5.74) is 4.76. The zero-order chi connectivity index (χ0) is 22.5. The summed E-state index contributed by atoms with van der Waals surface area (Å²) in [6.07, 6.45) is 4.20. The van der Waals surface area contributed by atoms with Crippen molar-refractivity contribution in [1.82, 2.24) is 9.78 Å². The van der Waals surface area contributed by atoms with Crippen LogP contribution >= 0.6 is 0 Å². The number of benzene rings is 2. The van der Waals surface area contributed by atoms with Crippen LogP contribution in [0, 0.1) is 24.6 Å². The zero-order valence-corrected chi connectivity index (χ0v) is 18.3. The van der Waals surface area contributed by atoms with E-state index in [0.29, 0.717) is 18.4 Å². The van der Waals surface area contributed by atoms with Crippen LogP contribution in [0.1, 0.15) is 31.4 Å². The van der Waals surface area contributed by atoms with Crippen molar-refractivity contribution in [2.75, 3.05) is 13.2 Å². The molecule has 0 spiro atoms. The van der Waals surface area contributed by atoms with E-state index in [4.69, 9.17) is 14.9 Å². The minimum Gasteiger partial charge on any atom is -0.480 e. The van der Waals surface area contributed by atoms with Crippen molar-refractivity contribution in [3.63, 3.8) is 0 Å². The maximum atomic E-state index is 14.0. The first kappa shape index (κ1) is 22.2. The number of ether oxygens (including phenoxy) is 1. The van der Waals surface area contributed by atoms with E-state index >= 15 is 0 Å². The van der Waals surface area contributed by atoms with Gasteiger partial charge in [-0.2, -0.15) is 5.10 Å². The Morgan fingerprint density at radius 2 is 1.75 bits per heavy atom. The van der Waals surface area contributed by atoms with E-state index in [0.717, 1.165) is 60.3 Å². The van der Waals surface area contributed by atoms with Crippen LogP contribution in [0.4, 0.5) is 4.39 Å². The van der Waals surface area contributed by atoms with E-state index in [1.807, 2.05) is 36.4 Å². The van der Waals surface area contributed by atoms with Crippen LogP contribution < -0.4 is 0 Å². The second-order valence-corrected chi connectivity index (χ2v) is 8.66. The van der Waals surface area contributed by atoms with E-state index in [9.17, 15) is 9.18 Å². The normalized spacial score (nSPS) is 18.6. The number of hydrogen-bond acceptors (Lipinski definition) is 3. The Hall–Kier alpha value is -2.99. The molecule has 1 N–H and O–H groups in total. The highest BCUT2D eigenvalue weighted by atomic mass is 19.1. The van der Waals surface area contributed by atoms with E-state index in [-0.39, 0.29) is 12.4 Å². The van der Waals surface area contributed by atoms with E-state index in [1.165, 1.54) is 6.07 Å². The molecule has 2 aromatic carbocycles. The van der Waals surface area contributed by atoms with Gasteiger partial charge in [0.1, 0.15) is 18.1 Å². The van der Waals surface area contributed by atoms with Crippen molar-refractivity contribution in [2.24, 2.45) is 11.8 Å². The van der Waals surface area contributed by atoms with Crippen LogP contribution in [-0.4, -0.2) is 34.1 Å². The third kappa shape index (κ3) is 5.25. The average molecular weight is 437 g/mol. The van der Waals surface area contributed by atoms with Gasteiger partial charge in [0.25, 0.3) is 0 Å². The molecule has 168 valence electrons. The number of carboxylic acid groups (broad SMARTS) is 1. The van der Waals surface area contributed by atoms with E-state index < -0.39 is 5.97 Å². The van der Waals surface area contributed by atoms with Crippen LogP contribution in [0.5, 0.6) is 0 Å². The molecule has 1 heterocycles. The quantitative estimate of drug-likeness (QED) is 0.501. The van der Waals surface area contributed by atoms with Gasteiger partial charge in [-0.1, -0.05) is 42.5 Å². The summed E-state index contributed by atoms with van der Waals surface area (Å²) < 4.78 is 21.4. The summed E-state index contributed by atoms with van der Waals surface area (Å²) in [6.45, 7) is 3.17. The second kappa shape index (κ2) is 10.1. The van der Waals surface area contributed by atoms with Gasteiger partial charge in [-0.3, -0.25) is 4.68 Å². The standard InChI is InChI=1S/C26H29FN2O3/c1-18-25(22-8-5-9-23(27)14-22)26(21-6-3-2-4-7-21)28-29(18)15-19-10-12-20(13-11-19)16-32-17-24(30)31/h2-9,14,19-20H,10-13,15-17H2,1H3,(H,30,31)/t19-,20+. The first-order valence-electron chi connectivity index (χ1n) is 11.2. The molecular weight excluding hydrogens is 407 g/mol. The van der Waals surface area contributed by atoms with Crippen molar-refractivity contribution in [1.29, 1.82) is 0 Å². The number of aliphatic carboxylic acids is 1. The number of rotatable bonds is 8. The van der Waals surface area contributed by atoms with Crippen LogP contribution in [0.25, 0.3) is 22.4 Å². The fraction of sp³-hybridized carbons (Fsp3) is 0.385. The molecule has 5 nitrogen and oxygen atoms in total. The maximum Gasteiger partial charge on any atom is 0.329 e. The molecule has 3 aromatic rings. The van der Waals surface area contributed by atoms with Gasteiger partial charge in [0.2, 0.25) is 0 Å². The molecule has 1 aliphatic carbocycles. The molecule has 0 bridgehead atoms. The smallest absolute Gasteiger partial charge is 0.329 e. The van der Waals surface area contributed by atoms with Gasteiger partial charge in [-0.15, -0.1) is 0 Å². The summed E-state index contributed by atoms with van der Waals surface area (Å²) in [6, 6.07) is 16.8. The SMILES string of the molecule is Cc1c(-c2cccc(F)c2)c(-c2ccccc2)nn1C[C@H]1CC[C@@H](COCC(=O)O)CC1. The van der Waals surface area contributed by atoms with Crippen molar-refractivity contribution < 1.29 is 19.0 Å². The van der Waals surface area contributed by atoms with Gasteiger partial charge in [0.05, 0.1) is 6.61 Å². The van der Waals surface area contributed by atoms with Gasteiger partial charge < -0.3 is 9.84 Å². The molecule has 0 amide bonds. The van der Waals surface area contributed by atoms with E-state index in [1.54, 1.807) is 12.1 Å². The van der Waals surface area contributed by atoms with Crippen LogP contribution in [-0.2, 0) is 16.1 Å². The first-order valence-corrected chi connectivity index (χ1v) is 11.2. The minimum absolute atomic E-state index is 0.225. The number of nitrogens with zero attached hydrogens (tertiary/aromatic N) is 2. The Balaban J connectivity index is 1.52. The lowest BCUT2D eigenvalue weighted by Crippen LogP contribution is -2.23. The summed E-state index contributed by atoms with van der Waals surface area (Å²) >= 11 is 0. The summed E-state index contributed by atoms with van der Waals surface area (Å²) in [5.74, 6) is -0.242. The Bertz CT molecular complexity index is 1060. The lowest BCUT2D eigenvalue weighted by atomic mass is 9.82. The molecule has 32 heavy (non-hydrogen) atoms. The third-order valence-corrected chi connectivity index (χ3v) is 6.34. The number of hydrogen-bond donors (Lipinski definition) is 1. The van der Waals surface area contributed by atoms with Gasteiger partial charge >= 0.3 is 5.97 Å². The molecule has 1 fully saturated rings. The highest BCUT2D eigenvalue weighted by Gasteiger charge is 2.25. The van der Waals surface area contributed by atoms with Gasteiger partial charge in [0.15, 0.2) is 0 Å². The average Bonchev–Trinajstić information content (AvgIpc) is 3.11. The van der Waals surface area contributed by atoms with Crippen molar-refractivity contribution >= 4 is 5.97 Å². The molecule has 1 saturated carbocycles. The lowest BCUT2D eigenvalue weighted by molar-refractivity contribution is -0.142. The van der Waals surface area contributed by atoms with Crippen molar-refractivity contribution in [3.8, 4) is 22.4 Å². The molecule has 6 heteroatoms. The molecule has 0 unspecified atom stereocenters. The summed E-state index contributed by atoms with van der Waals surface area (Å²) in [5, 5.41) is 13.7. The second-order valence-electron chi connectivity index (χ2n) is 8.66. The van der Waals surface area contributed by atoms with Gasteiger partial charge in [-0.25, -0.2) is 9.18 Å². The Kier molecular flexibility index (Phi) is 7.00. The highest BCUT2D eigenvalue weighted by Crippen LogP contribution is 2.36. The molecule has 0 aliphatic heterocycles. The highest BCUT2D eigenvalue weighted by molar-refractivity contribution is 5.82. The monoisotopic (exact) mass is 436 g/mol.